The molecule has 0 bridgehead atoms. The lowest BCUT2D eigenvalue weighted by molar-refractivity contribution is -0.141. The minimum absolute atomic E-state index is 0.0252. The number of benzene rings is 2. The third-order valence-electron chi connectivity index (χ3n) is 4.88. The van der Waals surface area contributed by atoms with Gasteiger partial charge in [0.15, 0.2) is 0 Å². The van der Waals surface area contributed by atoms with Crippen molar-refractivity contribution in [1.29, 1.82) is 0 Å². The number of nitrogens with one attached hydrogen (secondary N) is 1. The Morgan fingerprint density at radius 1 is 0.969 bits per heavy atom. The summed E-state index contributed by atoms with van der Waals surface area (Å²) >= 11 is 11.8. The average molecular weight is 500 g/mol. The van der Waals surface area contributed by atoms with Gasteiger partial charge in [-0.15, -0.1) is 0 Å². The van der Waals surface area contributed by atoms with Crippen LogP contribution in [0.4, 0.5) is 0 Å². The van der Waals surface area contributed by atoms with Gasteiger partial charge in [-0.1, -0.05) is 42.3 Å². The Labute approximate surface area is 199 Å². The molecule has 0 saturated carbocycles. The van der Waals surface area contributed by atoms with E-state index in [0.717, 1.165) is 9.87 Å². The van der Waals surface area contributed by atoms with Crippen molar-refractivity contribution in [3.05, 3.63) is 64.1 Å². The van der Waals surface area contributed by atoms with E-state index in [2.05, 4.69) is 5.32 Å². The molecule has 1 N–H and O–H groups in total. The maximum atomic E-state index is 13.3. The second-order valence-electron chi connectivity index (χ2n) is 7.18. The summed E-state index contributed by atoms with van der Waals surface area (Å²) in [6.45, 7) is 3.73. The van der Waals surface area contributed by atoms with E-state index >= 15 is 0 Å². The summed E-state index contributed by atoms with van der Waals surface area (Å²) in [7, 11) is -2.59. The van der Waals surface area contributed by atoms with Gasteiger partial charge in [0.2, 0.25) is 21.8 Å². The molecule has 2 amide bonds. The van der Waals surface area contributed by atoms with E-state index in [1.807, 2.05) is 0 Å². The normalized spacial score (nSPS) is 12.4. The smallest absolute Gasteiger partial charge is 0.243 e. The SMILES string of the molecule is CCNC(=O)[C@@H](CC)N(Cc1ccc(Cl)cc1)C(=O)CN(C)S(=O)(=O)c1ccc(Cl)cc1. The highest BCUT2D eigenvalue weighted by atomic mass is 35.5. The second-order valence-corrected chi connectivity index (χ2v) is 10.1. The Morgan fingerprint density at radius 3 is 2.00 bits per heavy atom. The van der Waals surface area contributed by atoms with Crippen LogP contribution >= 0.6 is 23.2 Å². The third kappa shape index (κ3) is 6.68. The first-order valence-electron chi connectivity index (χ1n) is 10.1. The summed E-state index contributed by atoms with van der Waals surface area (Å²) < 4.78 is 26.8. The lowest BCUT2D eigenvalue weighted by atomic mass is 10.1. The van der Waals surface area contributed by atoms with E-state index in [9.17, 15) is 18.0 Å². The lowest BCUT2D eigenvalue weighted by Crippen LogP contribution is -2.51. The standard InChI is InChI=1S/C22H27Cl2N3O4S/c1-4-20(22(29)25-5-2)27(14-16-6-8-17(23)9-7-16)21(28)15-26(3)32(30,31)19-12-10-18(24)11-13-19/h6-13,20H,4-5,14-15H2,1-3H3,(H,25,29)/t20-/m1/s1. The molecule has 10 heteroatoms. The minimum atomic E-state index is -3.92. The maximum Gasteiger partial charge on any atom is 0.243 e. The highest BCUT2D eigenvalue weighted by Gasteiger charge is 2.31. The first-order chi connectivity index (χ1) is 15.1. The molecule has 0 aliphatic carbocycles. The number of halogens is 2. The molecule has 1 atom stereocenters. The molecule has 0 fully saturated rings. The summed E-state index contributed by atoms with van der Waals surface area (Å²) in [5.74, 6) is -0.779. The molecule has 0 radical (unpaired) electrons. The highest BCUT2D eigenvalue weighted by molar-refractivity contribution is 7.89. The van der Waals surface area contributed by atoms with Crippen LogP contribution in [-0.4, -0.2) is 55.6 Å². The molecule has 7 nitrogen and oxygen atoms in total. The summed E-state index contributed by atoms with van der Waals surface area (Å²) in [5.41, 5.74) is 0.772. The number of hydrogen-bond acceptors (Lipinski definition) is 4. The van der Waals surface area contributed by atoms with Crippen molar-refractivity contribution in [3.63, 3.8) is 0 Å². The number of likely N-dealkylation sites (N-methyl/N-ethyl adjacent to an activating group) is 2. The van der Waals surface area contributed by atoms with Crippen LogP contribution in [0.2, 0.25) is 10.0 Å². The molecule has 2 aromatic rings. The predicted octanol–water partition coefficient (Wildman–Crippen LogP) is 3.56. The predicted molar refractivity (Wildman–Crippen MR) is 126 cm³/mol. The zero-order valence-electron chi connectivity index (χ0n) is 18.2. The third-order valence-corrected chi connectivity index (χ3v) is 7.20. The molecule has 0 spiro atoms. The Hall–Kier alpha value is -2.13. The Kier molecular flexibility index (Phi) is 9.51. The maximum absolute atomic E-state index is 13.3. The topological polar surface area (TPSA) is 86.8 Å². The number of amides is 2. The number of carbonyl (C=O) groups excluding carboxylic acids is 2. The molecule has 0 saturated heterocycles. The van der Waals surface area contributed by atoms with Gasteiger partial charge in [-0.05, 0) is 55.3 Å². The molecule has 0 heterocycles. The van der Waals surface area contributed by atoms with Crippen molar-refractivity contribution in [2.24, 2.45) is 0 Å². The molecule has 32 heavy (non-hydrogen) atoms. The summed E-state index contributed by atoms with van der Waals surface area (Å²) in [5, 5.41) is 3.70. The number of sulfonamides is 1. The Balaban J connectivity index is 2.30. The zero-order chi connectivity index (χ0) is 23.9. The van der Waals surface area contributed by atoms with Gasteiger partial charge in [0.1, 0.15) is 6.04 Å². The van der Waals surface area contributed by atoms with Crippen LogP contribution in [0.1, 0.15) is 25.8 Å². The van der Waals surface area contributed by atoms with Crippen molar-refractivity contribution >= 4 is 45.0 Å². The van der Waals surface area contributed by atoms with Crippen molar-refractivity contribution < 1.29 is 18.0 Å². The lowest BCUT2D eigenvalue weighted by Gasteiger charge is -2.31. The van der Waals surface area contributed by atoms with Crippen molar-refractivity contribution in [3.8, 4) is 0 Å². The molecule has 0 aliphatic heterocycles. The molecule has 174 valence electrons. The number of nitrogens with zero attached hydrogens (tertiary/aromatic N) is 2. The van der Waals surface area contributed by atoms with Gasteiger partial charge < -0.3 is 10.2 Å². The minimum Gasteiger partial charge on any atom is -0.355 e. The fourth-order valence-electron chi connectivity index (χ4n) is 3.15. The second kappa shape index (κ2) is 11.7. The van der Waals surface area contributed by atoms with Gasteiger partial charge in [0.25, 0.3) is 0 Å². The van der Waals surface area contributed by atoms with Crippen LogP contribution in [0.5, 0.6) is 0 Å². The van der Waals surface area contributed by atoms with E-state index in [1.165, 1.54) is 36.2 Å². The number of rotatable bonds is 10. The monoisotopic (exact) mass is 499 g/mol. The van der Waals surface area contributed by atoms with Crippen LogP contribution in [-0.2, 0) is 26.2 Å². The summed E-state index contributed by atoms with van der Waals surface area (Å²) in [6.07, 6.45) is 0.374. The molecule has 0 aliphatic rings. The van der Waals surface area contributed by atoms with Crippen LogP contribution in [0.25, 0.3) is 0 Å². The number of carbonyl (C=O) groups is 2. The molecule has 0 aromatic heterocycles. The van der Waals surface area contributed by atoms with Crippen molar-refractivity contribution in [1.82, 2.24) is 14.5 Å². The van der Waals surface area contributed by atoms with E-state index in [4.69, 9.17) is 23.2 Å². The van der Waals surface area contributed by atoms with Crippen LogP contribution in [0.15, 0.2) is 53.4 Å². The van der Waals surface area contributed by atoms with E-state index in [-0.39, 0.29) is 17.3 Å². The highest BCUT2D eigenvalue weighted by Crippen LogP contribution is 2.19. The van der Waals surface area contributed by atoms with Crippen molar-refractivity contribution in [2.75, 3.05) is 20.1 Å². The molecular weight excluding hydrogens is 473 g/mol. The molecule has 2 aromatic carbocycles. The average Bonchev–Trinajstić information content (AvgIpc) is 2.75. The van der Waals surface area contributed by atoms with Crippen molar-refractivity contribution in [2.45, 2.75) is 37.8 Å². The van der Waals surface area contributed by atoms with Crippen LogP contribution in [0.3, 0.4) is 0 Å². The van der Waals surface area contributed by atoms with E-state index in [0.29, 0.717) is 23.0 Å². The fourth-order valence-corrected chi connectivity index (χ4v) is 4.52. The Bertz CT molecular complexity index is 1030. The molecule has 0 unspecified atom stereocenters. The Morgan fingerprint density at radius 2 is 1.50 bits per heavy atom. The van der Waals surface area contributed by atoms with Gasteiger partial charge in [-0.3, -0.25) is 9.59 Å². The summed E-state index contributed by atoms with van der Waals surface area (Å²) in [6, 6.07) is 11.9. The van der Waals surface area contributed by atoms with E-state index in [1.54, 1.807) is 38.1 Å². The van der Waals surface area contributed by atoms with Gasteiger partial charge >= 0.3 is 0 Å². The number of hydrogen-bond donors (Lipinski definition) is 1. The first kappa shape index (κ1) is 26.1. The van der Waals surface area contributed by atoms with Gasteiger partial charge in [-0.25, -0.2) is 8.42 Å². The van der Waals surface area contributed by atoms with E-state index < -0.39 is 28.5 Å². The fraction of sp³-hybridized carbons (Fsp3) is 0.364. The quantitative estimate of drug-likeness (QED) is 0.541. The van der Waals surface area contributed by atoms with Gasteiger partial charge in [0, 0.05) is 30.2 Å². The molecular formula is C22H27Cl2N3O4S. The van der Waals surface area contributed by atoms with Gasteiger partial charge in [-0.2, -0.15) is 4.31 Å². The van der Waals surface area contributed by atoms with Crippen LogP contribution in [0, 0.1) is 0 Å². The summed E-state index contributed by atoms with van der Waals surface area (Å²) in [4.78, 5) is 27.3. The first-order valence-corrected chi connectivity index (χ1v) is 12.3. The largest absolute Gasteiger partial charge is 0.355 e. The van der Waals surface area contributed by atoms with Gasteiger partial charge in [0.05, 0.1) is 11.4 Å². The zero-order valence-corrected chi connectivity index (χ0v) is 20.5. The molecule has 2 rings (SSSR count). The van der Waals surface area contributed by atoms with Crippen LogP contribution < -0.4 is 5.32 Å².